The molecule has 0 saturated carbocycles. The Hall–Kier alpha value is -2.96. The molecule has 1 saturated heterocycles. The molecular formula is C19H18F2N2O3. The number of benzene rings is 2. The molecule has 0 unspecified atom stereocenters. The number of carbonyl (C=O) groups is 2. The Balaban J connectivity index is 1.49. The molecule has 0 aromatic heterocycles. The molecular weight excluding hydrogens is 342 g/mol. The van der Waals surface area contributed by atoms with E-state index in [0.717, 1.165) is 0 Å². The van der Waals surface area contributed by atoms with Gasteiger partial charge in [-0.05, 0) is 36.4 Å². The van der Waals surface area contributed by atoms with E-state index in [1.807, 2.05) is 0 Å². The van der Waals surface area contributed by atoms with Gasteiger partial charge in [0.15, 0.2) is 6.61 Å². The van der Waals surface area contributed by atoms with Gasteiger partial charge in [-0.15, -0.1) is 0 Å². The van der Waals surface area contributed by atoms with Gasteiger partial charge in [0.1, 0.15) is 17.4 Å². The van der Waals surface area contributed by atoms with Crippen molar-refractivity contribution in [2.24, 2.45) is 0 Å². The van der Waals surface area contributed by atoms with Crippen LogP contribution in [0.3, 0.4) is 0 Å². The summed E-state index contributed by atoms with van der Waals surface area (Å²) >= 11 is 0. The third kappa shape index (κ3) is 4.36. The first-order valence-corrected chi connectivity index (χ1v) is 8.24. The lowest BCUT2D eigenvalue weighted by atomic mass is 10.2. The maximum Gasteiger partial charge on any atom is 0.260 e. The topological polar surface area (TPSA) is 49.9 Å². The number of rotatable bonds is 4. The van der Waals surface area contributed by atoms with Crippen LogP contribution in [-0.2, 0) is 4.79 Å². The molecule has 7 heteroatoms. The normalized spacial score (nSPS) is 14.2. The minimum Gasteiger partial charge on any atom is -0.484 e. The van der Waals surface area contributed by atoms with E-state index >= 15 is 0 Å². The van der Waals surface area contributed by atoms with Crippen LogP contribution in [0.2, 0.25) is 0 Å². The van der Waals surface area contributed by atoms with Crippen molar-refractivity contribution in [3.8, 4) is 5.75 Å². The van der Waals surface area contributed by atoms with Crippen LogP contribution in [0.5, 0.6) is 5.75 Å². The van der Waals surface area contributed by atoms with Crippen LogP contribution < -0.4 is 4.74 Å². The first kappa shape index (κ1) is 17.8. The van der Waals surface area contributed by atoms with Gasteiger partial charge in [0.05, 0.1) is 0 Å². The summed E-state index contributed by atoms with van der Waals surface area (Å²) in [5, 5.41) is 0. The van der Waals surface area contributed by atoms with Gasteiger partial charge in [0.2, 0.25) is 0 Å². The summed E-state index contributed by atoms with van der Waals surface area (Å²) in [6.45, 7) is 1.37. The maximum absolute atomic E-state index is 13.1. The van der Waals surface area contributed by atoms with Crippen LogP contribution in [0.15, 0.2) is 48.5 Å². The van der Waals surface area contributed by atoms with Gasteiger partial charge < -0.3 is 14.5 Å². The predicted molar refractivity (Wildman–Crippen MR) is 90.8 cm³/mol. The summed E-state index contributed by atoms with van der Waals surface area (Å²) in [5.41, 5.74) is 0.417. The van der Waals surface area contributed by atoms with Crippen molar-refractivity contribution in [1.82, 2.24) is 9.80 Å². The third-order valence-electron chi connectivity index (χ3n) is 4.17. The molecule has 2 aromatic rings. The van der Waals surface area contributed by atoms with Crippen LogP contribution in [-0.4, -0.2) is 54.4 Å². The number of carbonyl (C=O) groups excluding carboxylic acids is 2. The summed E-state index contributed by atoms with van der Waals surface area (Å²) < 4.78 is 31.4. The summed E-state index contributed by atoms with van der Waals surface area (Å²) in [6.07, 6.45) is 0. The minimum atomic E-state index is -0.428. The van der Waals surface area contributed by atoms with Crippen molar-refractivity contribution in [1.29, 1.82) is 0 Å². The number of halogens is 2. The Morgan fingerprint density at radius 1 is 0.885 bits per heavy atom. The molecule has 26 heavy (non-hydrogen) atoms. The van der Waals surface area contributed by atoms with Gasteiger partial charge in [0, 0.05) is 37.8 Å². The van der Waals surface area contributed by atoms with E-state index < -0.39 is 11.6 Å². The molecule has 2 aromatic carbocycles. The van der Waals surface area contributed by atoms with Crippen molar-refractivity contribution in [3.05, 3.63) is 65.7 Å². The monoisotopic (exact) mass is 360 g/mol. The van der Waals surface area contributed by atoms with Gasteiger partial charge in [-0.2, -0.15) is 0 Å². The Bertz CT molecular complexity index is 788. The number of hydrogen-bond acceptors (Lipinski definition) is 3. The highest BCUT2D eigenvalue weighted by atomic mass is 19.1. The molecule has 0 atom stereocenters. The highest BCUT2D eigenvalue weighted by molar-refractivity contribution is 5.94. The number of piperazine rings is 1. The zero-order chi connectivity index (χ0) is 18.5. The predicted octanol–water partition coefficient (Wildman–Crippen LogP) is 2.33. The number of hydrogen-bond donors (Lipinski definition) is 0. The molecule has 0 radical (unpaired) electrons. The van der Waals surface area contributed by atoms with E-state index in [9.17, 15) is 18.4 Å². The Kier molecular flexibility index (Phi) is 5.46. The summed E-state index contributed by atoms with van der Waals surface area (Å²) in [4.78, 5) is 27.8. The zero-order valence-corrected chi connectivity index (χ0v) is 14.0. The Morgan fingerprint density at radius 3 is 2.19 bits per heavy atom. The molecule has 136 valence electrons. The molecule has 5 nitrogen and oxygen atoms in total. The lowest BCUT2D eigenvalue weighted by Crippen LogP contribution is -2.51. The second-order valence-electron chi connectivity index (χ2n) is 5.93. The van der Waals surface area contributed by atoms with Crippen LogP contribution in [0.4, 0.5) is 8.78 Å². The van der Waals surface area contributed by atoms with Gasteiger partial charge in [-0.1, -0.05) is 6.07 Å². The summed E-state index contributed by atoms with van der Waals surface area (Å²) in [5.74, 6) is -0.933. The van der Waals surface area contributed by atoms with Crippen molar-refractivity contribution >= 4 is 11.8 Å². The maximum atomic E-state index is 13.1. The Morgan fingerprint density at radius 2 is 1.54 bits per heavy atom. The molecule has 0 N–H and O–H groups in total. The molecule has 0 spiro atoms. The Labute approximate surface area is 149 Å². The SMILES string of the molecule is O=C(COc1cccc(F)c1)N1CCN(C(=O)c2ccc(F)cc2)CC1. The van der Waals surface area contributed by atoms with Gasteiger partial charge >= 0.3 is 0 Å². The molecule has 1 heterocycles. The summed E-state index contributed by atoms with van der Waals surface area (Å²) in [7, 11) is 0. The van der Waals surface area contributed by atoms with E-state index in [1.54, 1.807) is 15.9 Å². The molecule has 3 rings (SSSR count). The smallest absolute Gasteiger partial charge is 0.260 e. The van der Waals surface area contributed by atoms with E-state index in [-0.39, 0.29) is 18.4 Å². The van der Waals surface area contributed by atoms with Crippen molar-refractivity contribution in [2.45, 2.75) is 0 Å². The van der Waals surface area contributed by atoms with Crippen molar-refractivity contribution in [2.75, 3.05) is 32.8 Å². The van der Waals surface area contributed by atoms with Crippen LogP contribution in [0, 0.1) is 11.6 Å². The first-order valence-electron chi connectivity index (χ1n) is 8.24. The standard InChI is InChI=1S/C19H18F2N2O3/c20-15-6-4-14(5-7-15)19(25)23-10-8-22(9-11-23)18(24)13-26-17-3-1-2-16(21)12-17/h1-7,12H,8-11,13H2. The highest BCUT2D eigenvalue weighted by Gasteiger charge is 2.25. The molecule has 1 aliphatic heterocycles. The first-order chi connectivity index (χ1) is 12.5. The second-order valence-corrected chi connectivity index (χ2v) is 5.93. The minimum absolute atomic E-state index is 0.185. The van der Waals surface area contributed by atoms with E-state index in [2.05, 4.69) is 0 Å². The third-order valence-corrected chi connectivity index (χ3v) is 4.17. The second kappa shape index (κ2) is 7.95. The molecule has 1 aliphatic rings. The quantitative estimate of drug-likeness (QED) is 0.841. The largest absolute Gasteiger partial charge is 0.484 e. The molecule has 1 fully saturated rings. The fourth-order valence-electron chi connectivity index (χ4n) is 2.73. The van der Waals surface area contributed by atoms with E-state index in [4.69, 9.17) is 4.74 Å². The number of nitrogens with zero attached hydrogens (tertiary/aromatic N) is 2. The van der Waals surface area contributed by atoms with E-state index in [1.165, 1.54) is 42.5 Å². The lowest BCUT2D eigenvalue weighted by Gasteiger charge is -2.34. The molecule has 0 aliphatic carbocycles. The zero-order valence-electron chi connectivity index (χ0n) is 14.0. The fraction of sp³-hybridized carbons (Fsp3) is 0.263. The van der Waals surface area contributed by atoms with Crippen LogP contribution in [0.1, 0.15) is 10.4 Å². The van der Waals surface area contributed by atoms with Crippen molar-refractivity contribution < 1.29 is 23.1 Å². The van der Waals surface area contributed by atoms with E-state index in [0.29, 0.717) is 37.5 Å². The lowest BCUT2D eigenvalue weighted by molar-refractivity contribution is -0.134. The van der Waals surface area contributed by atoms with Gasteiger partial charge in [-0.3, -0.25) is 9.59 Å². The van der Waals surface area contributed by atoms with Crippen LogP contribution >= 0.6 is 0 Å². The molecule has 0 bridgehead atoms. The average molecular weight is 360 g/mol. The number of ether oxygens (including phenoxy) is 1. The highest BCUT2D eigenvalue weighted by Crippen LogP contribution is 2.13. The summed E-state index contributed by atoms with van der Waals surface area (Å²) in [6, 6.07) is 11.0. The fourth-order valence-corrected chi connectivity index (χ4v) is 2.73. The number of amides is 2. The average Bonchev–Trinajstić information content (AvgIpc) is 2.66. The van der Waals surface area contributed by atoms with Gasteiger partial charge in [0.25, 0.3) is 11.8 Å². The molecule has 2 amide bonds. The van der Waals surface area contributed by atoms with Crippen molar-refractivity contribution in [3.63, 3.8) is 0 Å². The van der Waals surface area contributed by atoms with Gasteiger partial charge in [-0.25, -0.2) is 8.78 Å². The van der Waals surface area contributed by atoms with Crippen LogP contribution in [0.25, 0.3) is 0 Å².